The van der Waals surface area contributed by atoms with Gasteiger partial charge in [-0.15, -0.1) is 0 Å². The Morgan fingerprint density at radius 3 is 1.74 bits per heavy atom. The lowest BCUT2D eigenvalue weighted by Crippen LogP contribution is -2.55. The van der Waals surface area contributed by atoms with Crippen molar-refractivity contribution in [3.05, 3.63) is 131 Å². The van der Waals surface area contributed by atoms with Gasteiger partial charge in [0.25, 0.3) is 5.91 Å². The van der Waals surface area contributed by atoms with Crippen LogP contribution >= 0.6 is 0 Å². The van der Waals surface area contributed by atoms with E-state index in [0.29, 0.717) is 22.5 Å². The number of urea groups is 1. The number of nitrogens with zero attached hydrogens (tertiary/aromatic N) is 1. The molecule has 0 heterocycles. The molecule has 0 fully saturated rings. The number of para-hydroxylation sites is 2. The number of hydrazine groups is 1. The number of benzene rings is 4. The van der Waals surface area contributed by atoms with E-state index >= 15 is 0 Å². The van der Waals surface area contributed by atoms with E-state index in [4.69, 9.17) is 0 Å². The number of amides is 3. The van der Waals surface area contributed by atoms with Gasteiger partial charge in [-0.25, -0.2) is 9.80 Å². The fraction of sp³-hybridized carbons (Fsp3) is 0.103. The smallest absolute Gasteiger partial charge is 0.345 e. The molecule has 0 aliphatic rings. The molecule has 0 saturated carbocycles. The summed E-state index contributed by atoms with van der Waals surface area (Å²) in [6.45, 7) is 3.78. The molecule has 0 saturated heterocycles. The van der Waals surface area contributed by atoms with Crippen LogP contribution in [0.3, 0.4) is 0 Å². The van der Waals surface area contributed by atoms with Crippen molar-refractivity contribution in [3.8, 4) is 0 Å². The fourth-order valence-corrected chi connectivity index (χ4v) is 3.86. The number of aryl methyl sites for hydroxylation is 2. The standard InChI is InChI=1S/C29H27N3O3/c1-21-11-9-13-23(19-21)29(35,24-14-10-12-22(2)20-24)27(33)31-32(26-17-7-4-8-18-26)28(34)30-25-15-5-3-6-16-25/h3-20,35H,1-2H3,(H,30,34)(H,31,33). The minimum absolute atomic E-state index is 0.400. The van der Waals surface area contributed by atoms with E-state index in [1.807, 2.05) is 38.1 Å². The highest BCUT2D eigenvalue weighted by Crippen LogP contribution is 2.32. The maximum Gasteiger partial charge on any atom is 0.345 e. The van der Waals surface area contributed by atoms with Crippen LogP contribution in [0.25, 0.3) is 0 Å². The molecule has 6 heteroatoms. The number of hydrogen-bond donors (Lipinski definition) is 3. The zero-order valence-electron chi connectivity index (χ0n) is 19.6. The summed E-state index contributed by atoms with van der Waals surface area (Å²) in [5.41, 5.74) is 4.21. The lowest BCUT2D eigenvalue weighted by Gasteiger charge is -2.32. The Hall–Kier alpha value is -4.42. The Kier molecular flexibility index (Phi) is 6.94. The van der Waals surface area contributed by atoms with Crippen LogP contribution in [0.5, 0.6) is 0 Å². The first-order chi connectivity index (χ1) is 16.9. The third-order valence-corrected chi connectivity index (χ3v) is 5.66. The Morgan fingerprint density at radius 1 is 0.714 bits per heavy atom. The Bertz CT molecular complexity index is 1280. The molecule has 0 bridgehead atoms. The van der Waals surface area contributed by atoms with E-state index in [-0.39, 0.29) is 0 Å². The summed E-state index contributed by atoms with van der Waals surface area (Å²) in [6.07, 6.45) is 0. The Labute approximate surface area is 204 Å². The van der Waals surface area contributed by atoms with Crippen molar-refractivity contribution in [2.75, 3.05) is 10.3 Å². The number of nitrogens with one attached hydrogen (secondary N) is 2. The topological polar surface area (TPSA) is 81.7 Å². The molecule has 4 aromatic rings. The zero-order valence-corrected chi connectivity index (χ0v) is 19.6. The molecule has 0 atom stereocenters. The second-order valence-corrected chi connectivity index (χ2v) is 8.36. The SMILES string of the molecule is Cc1cccc(C(O)(C(=O)NN(C(=O)Nc2ccccc2)c2ccccc2)c2cccc(C)c2)c1. The summed E-state index contributed by atoms with van der Waals surface area (Å²) >= 11 is 0. The van der Waals surface area contributed by atoms with Gasteiger partial charge in [0, 0.05) is 5.69 Å². The van der Waals surface area contributed by atoms with Crippen LogP contribution in [0.4, 0.5) is 16.2 Å². The van der Waals surface area contributed by atoms with Crippen molar-refractivity contribution in [1.29, 1.82) is 0 Å². The largest absolute Gasteiger partial charge is 0.372 e. The number of anilines is 2. The van der Waals surface area contributed by atoms with Crippen molar-refractivity contribution >= 4 is 23.3 Å². The van der Waals surface area contributed by atoms with Gasteiger partial charge in [-0.3, -0.25) is 10.2 Å². The minimum atomic E-state index is -2.04. The fourth-order valence-electron chi connectivity index (χ4n) is 3.86. The van der Waals surface area contributed by atoms with E-state index in [2.05, 4.69) is 10.7 Å². The number of carbonyl (C=O) groups is 2. The minimum Gasteiger partial charge on any atom is -0.372 e. The van der Waals surface area contributed by atoms with Crippen LogP contribution in [0.15, 0.2) is 109 Å². The highest BCUT2D eigenvalue weighted by molar-refractivity contribution is 6.04. The van der Waals surface area contributed by atoms with Gasteiger partial charge in [0.1, 0.15) is 0 Å². The summed E-state index contributed by atoms with van der Waals surface area (Å²) in [6, 6.07) is 31.4. The molecule has 0 aliphatic heterocycles. The average Bonchev–Trinajstić information content (AvgIpc) is 2.87. The molecule has 0 aliphatic carbocycles. The molecule has 0 unspecified atom stereocenters. The maximum absolute atomic E-state index is 13.8. The maximum atomic E-state index is 13.8. The number of aliphatic hydroxyl groups is 1. The van der Waals surface area contributed by atoms with Crippen LogP contribution in [0.1, 0.15) is 22.3 Å². The zero-order chi connectivity index (χ0) is 24.8. The predicted molar refractivity (Wildman–Crippen MR) is 138 cm³/mol. The molecular formula is C29H27N3O3. The third-order valence-electron chi connectivity index (χ3n) is 5.66. The Morgan fingerprint density at radius 2 is 1.23 bits per heavy atom. The van der Waals surface area contributed by atoms with Gasteiger partial charge < -0.3 is 10.4 Å². The van der Waals surface area contributed by atoms with Gasteiger partial charge in [-0.05, 0) is 49.2 Å². The van der Waals surface area contributed by atoms with Crippen molar-refractivity contribution in [2.45, 2.75) is 19.4 Å². The Balaban J connectivity index is 1.75. The number of carbonyl (C=O) groups excluding carboxylic acids is 2. The molecular weight excluding hydrogens is 438 g/mol. The first-order valence-corrected chi connectivity index (χ1v) is 11.3. The van der Waals surface area contributed by atoms with Crippen LogP contribution in [-0.4, -0.2) is 17.0 Å². The lowest BCUT2D eigenvalue weighted by molar-refractivity contribution is -0.136. The van der Waals surface area contributed by atoms with Crippen molar-refractivity contribution in [3.63, 3.8) is 0 Å². The van der Waals surface area contributed by atoms with E-state index < -0.39 is 17.5 Å². The first kappa shape index (κ1) is 23.7. The van der Waals surface area contributed by atoms with Crippen LogP contribution in [0, 0.1) is 13.8 Å². The lowest BCUT2D eigenvalue weighted by atomic mass is 9.84. The van der Waals surface area contributed by atoms with E-state index in [1.54, 1.807) is 84.9 Å². The first-order valence-electron chi connectivity index (χ1n) is 11.3. The summed E-state index contributed by atoms with van der Waals surface area (Å²) in [5, 5.41) is 15.9. The van der Waals surface area contributed by atoms with Crippen molar-refractivity contribution in [2.24, 2.45) is 0 Å². The van der Waals surface area contributed by atoms with Gasteiger partial charge in [-0.1, -0.05) is 96.1 Å². The molecule has 3 N–H and O–H groups in total. The molecule has 0 spiro atoms. The van der Waals surface area contributed by atoms with Crippen molar-refractivity contribution < 1.29 is 14.7 Å². The summed E-state index contributed by atoms with van der Waals surface area (Å²) in [4.78, 5) is 27.1. The van der Waals surface area contributed by atoms with Gasteiger partial charge in [0.2, 0.25) is 0 Å². The normalized spacial score (nSPS) is 10.9. The quantitative estimate of drug-likeness (QED) is 0.350. The van der Waals surface area contributed by atoms with Crippen LogP contribution in [-0.2, 0) is 10.4 Å². The number of rotatable bonds is 5. The summed E-state index contributed by atoms with van der Waals surface area (Å²) in [7, 11) is 0. The summed E-state index contributed by atoms with van der Waals surface area (Å²) in [5.74, 6) is -0.763. The number of hydrogen-bond acceptors (Lipinski definition) is 3. The monoisotopic (exact) mass is 465 g/mol. The highest BCUT2D eigenvalue weighted by Gasteiger charge is 2.41. The molecule has 176 valence electrons. The van der Waals surface area contributed by atoms with E-state index in [1.165, 1.54) is 0 Å². The van der Waals surface area contributed by atoms with Crippen LogP contribution in [0.2, 0.25) is 0 Å². The van der Waals surface area contributed by atoms with Crippen LogP contribution < -0.4 is 15.8 Å². The summed E-state index contributed by atoms with van der Waals surface area (Å²) < 4.78 is 0. The average molecular weight is 466 g/mol. The second kappa shape index (κ2) is 10.2. The molecule has 4 rings (SSSR count). The second-order valence-electron chi connectivity index (χ2n) is 8.36. The van der Waals surface area contributed by atoms with Gasteiger partial charge >= 0.3 is 6.03 Å². The van der Waals surface area contributed by atoms with Crippen molar-refractivity contribution in [1.82, 2.24) is 5.43 Å². The van der Waals surface area contributed by atoms with Gasteiger partial charge in [-0.2, -0.15) is 0 Å². The molecule has 6 nitrogen and oxygen atoms in total. The molecule has 0 aromatic heterocycles. The highest BCUT2D eigenvalue weighted by atomic mass is 16.3. The molecule has 35 heavy (non-hydrogen) atoms. The molecule has 4 aromatic carbocycles. The van der Waals surface area contributed by atoms with Gasteiger partial charge in [0.05, 0.1) is 5.69 Å². The van der Waals surface area contributed by atoms with E-state index in [9.17, 15) is 14.7 Å². The predicted octanol–water partition coefficient (Wildman–Crippen LogP) is 5.31. The third kappa shape index (κ3) is 5.23. The molecule has 0 radical (unpaired) electrons. The van der Waals surface area contributed by atoms with E-state index in [0.717, 1.165) is 16.1 Å². The molecule has 3 amide bonds. The van der Waals surface area contributed by atoms with Gasteiger partial charge in [0.15, 0.2) is 5.60 Å².